The third-order valence-corrected chi connectivity index (χ3v) is 3.12. The molecule has 3 aromatic rings. The molecule has 0 saturated carbocycles. The van der Waals surface area contributed by atoms with Gasteiger partial charge in [0.15, 0.2) is 0 Å². The second-order valence-electron chi connectivity index (χ2n) is 5.03. The van der Waals surface area contributed by atoms with Crippen molar-refractivity contribution < 1.29 is 4.79 Å². The summed E-state index contributed by atoms with van der Waals surface area (Å²) in [7, 11) is 0. The molecule has 3 aromatic heterocycles. The maximum atomic E-state index is 12.0. The number of carbonyl (C=O) groups excluding carboxylic acids is 1. The topological polar surface area (TPSA) is 73.6 Å². The highest BCUT2D eigenvalue weighted by Crippen LogP contribution is 2.27. The molecule has 0 aromatic carbocycles. The second-order valence-corrected chi connectivity index (χ2v) is 5.03. The molecule has 102 valence electrons. The Morgan fingerprint density at radius 1 is 1.30 bits per heavy atom. The van der Waals surface area contributed by atoms with E-state index in [0.29, 0.717) is 5.69 Å². The minimum absolute atomic E-state index is 0.0920. The van der Waals surface area contributed by atoms with Crippen LogP contribution in [0, 0.1) is 0 Å². The number of hydrogen-bond acceptors (Lipinski definition) is 2. The van der Waals surface area contributed by atoms with Gasteiger partial charge in [-0.2, -0.15) is 0 Å². The van der Waals surface area contributed by atoms with Gasteiger partial charge in [0.1, 0.15) is 11.3 Å². The quantitative estimate of drug-likeness (QED) is 0.683. The summed E-state index contributed by atoms with van der Waals surface area (Å²) in [4.78, 5) is 22.3. The first-order valence-electron chi connectivity index (χ1n) is 6.57. The normalized spacial score (nSPS) is 11.2. The lowest BCUT2D eigenvalue weighted by Gasteiger charge is -2.05. The van der Waals surface area contributed by atoms with E-state index >= 15 is 0 Å². The fourth-order valence-electron chi connectivity index (χ4n) is 2.23. The van der Waals surface area contributed by atoms with Crippen LogP contribution in [0.2, 0.25) is 0 Å². The van der Waals surface area contributed by atoms with Gasteiger partial charge in [0, 0.05) is 35.6 Å². The maximum absolute atomic E-state index is 12.0. The monoisotopic (exact) mass is 268 g/mol. The van der Waals surface area contributed by atoms with Crippen molar-refractivity contribution in [2.24, 2.45) is 0 Å². The number of carbonyl (C=O) groups is 1. The van der Waals surface area contributed by atoms with Gasteiger partial charge in [0.2, 0.25) is 0 Å². The summed E-state index contributed by atoms with van der Waals surface area (Å²) in [6, 6.07) is 5.91. The van der Waals surface area contributed by atoms with Crippen molar-refractivity contribution in [3.05, 3.63) is 42.5 Å². The number of rotatable bonds is 3. The first-order chi connectivity index (χ1) is 9.65. The zero-order valence-electron chi connectivity index (χ0n) is 11.4. The van der Waals surface area contributed by atoms with Crippen molar-refractivity contribution in [2.45, 2.75) is 19.9 Å². The van der Waals surface area contributed by atoms with Gasteiger partial charge in [-0.3, -0.25) is 4.79 Å². The fraction of sp³-hybridized carbons (Fsp3) is 0.200. The molecule has 0 fully saturated rings. The van der Waals surface area contributed by atoms with Gasteiger partial charge >= 0.3 is 0 Å². The number of nitrogens with one attached hydrogen (secondary N) is 3. The van der Waals surface area contributed by atoms with E-state index in [-0.39, 0.29) is 11.9 Å². The molecule has 0 aliphatic carbocycles. The van der Waals surface area contributed by atoms with Crippen LogP contribution >= 0.6 is 0 Å². The molecule has 3 heterocycles. The fourth-order valence-corrected chi connectivity index (χ4v) is 2.23. The first kappa shape index (κ1) is 12.5. The van der Waals surface area contributed by atoms with Gasteiger partial charge in [0.05, 0.1) is 0 Å². The molecular weight excluding hydrogens is 252 g/mol. The predicted octanol–water partition coefficient (Wildman–Crippen LogP) is 2.70. The third-order valence-electron chi connectivity index (χ3n) is 3.12. The van der Waals surface area contributed by atoms with Crippen LogP contribution in [0.3, 0.4) is 0 Å². The molecule has 5 heteroatoms. The minimum Gasteiger partial charge on any atom is -0.357 e. The van der Waals surface area contributed by atoms with Crippen LogP contribution in [0.5, 0.6) is 0 Å². The molecule has 0 unspecified atom stereocenters. The molecule has 0 aliphatic heterocycles. The van der Waals surface area contributed by atoms with Crippen molar-refractivity contribution >= 4 is 16.9 Å². The lowest BCUT2D eigenvalue weighted by Crippen LogP contribution is -2.30. The Bertz CT molecular complexity index is 754. The van der Waals surface area contributed by atoms with E-state index in [1.807, 2.05) is 44.4 Å². The summed E-state index contributed by atoms with van der Waals surface area (Å²) in [5, 5.41) is 3.91. The van der Waals surface area contributed by atoms with Gasteiger partial charge in [-0.15, -0.1) is 0 Å². The number of nitrogens with zero attached hydrogens (tertiary/aromatic N) is 1. The molecule has 3 N–H and O–H groups in total. The second kappa shape index (κ2) is 4.85. The summed E-state index contributed by atoms with van der Waals surface area (Å²) >= 11 is 0. The molecule has 0 aliphatic rings. The molecule has 0 radical (unpaired) electrons. The van der Waals surface area contributed by atoms with Crippen LogP contribution in [0.15, 0.2) is 36.8 Å². The molecular formula is C15H16N4O. The lowest BCUT2D eigenvalue weighted by molar-refractivity contribution is 0.0938. The molecule has 0 bridgehead atoms. The maximum Gasteiger partial charge on any atom is 0.267 e. The first-order valence-corrected chi connectivity index (χ1v) is 6.57. The summed E-state index contributed by atoms with van der Waals surface area (Å²) in [6.07, 6.45) is 5.46. The Balaban J connectivity index is 1.98. The van der Waals surface area contributed by atoms with Crippen molar-refractivity contribution in [1.29, 1.82) is 0 Å². The average molecular weight is 268 g/mol. The van der Waals surface area contributed by atoms with Crippen molar-refractivity contribution in [2.75, 3.05) is 0 Å². The average Bonchev–Trinajstić information content (AvgIpc) is 3.06. The van der Waals surface area contributed by atoms with Crippen LogP contribution in [0.4, 0.5) is 0 Å². The molecule has 1 amide bonds. The summed E-state index contributed by atoms with van der Waals surface area (Å²) in [5.41, 5.74) is 3.44. The summed E-state index contributed by atoms with van der Waals surface area (Å²) < 4.78 is 0. The van der Waals surface area contributed by atoms with Crippen LogP contribution in [-0.2, 0) is 0 Å². The van der Waals surface area contributed by atoms with E-state index in [1.54, 1.807) is 6.20 Å². The SMILES string of the molecule is CC(C)NC(=O)c1cc(-c2ccnc3[nH]ccc23)c[nH]1. The minimum atomic E-state index is -0.0920. The van der Waals surface area contributed by atoms with Crippen LogP contribution in [0.1, 0.15) is 24.3 Å². The van der Waals surface area contributed by atoms with E-state index in [9.17, 15) is 4.79 Å². The third kappa shape index (κ3) is 2.18. The highest BCUT2D eigenvalue weighted by atomic mass is 16.1. The van der Waals surface area contributed by atoms with E-state index in [4.69, 9.17) is 0 Å². The number of fused-ring (bicyclic) bond motifs is 1. The van der Waals surface area contributed by atoms with Gasteiger partial charge in [0.25, 0.3) is 5.91 Å². The van der Waals surface area contributed by atoms with Crippen LogP contribution in [0.25, 0.3) is 22.2 Å². The Labute approximate surface area is 116 Å². The van der Waals surface area contributed by atoms with Gasteiger partial charge in [-0.05, 0) is 37.6 Å². The molecule has 5 nitrogen and oxygen atoms in total. The van der Waals surface area contributed by atoms with Gasteiger partial charge in [-0.1, -0.05) is 0 Å². The largest absolute Gasteiger partial charge is 0.357 e. The van der Waals surface area contributed by atoms with Crippen molar-refractivity contribution in [3.8, 4) is 11.1 Å². The standard InChI is InChI=1S/C15H16N4O/c1-9(2)19-15(20)13-7-10(8-18-13)11-3-5-16-14-12(11)4-6-17-14/h3-9,18H,1-2H3,(H,16,17)(H,19,20). The highest BCUT2D eigenvalue weighted by Gasteiger charge is 2.12. The Morgan fingerprint density at radius 3 is 2.95 bits per heavy atom. The van der Waals surface area contributed by atoms with Crippen LogP contribution in [-0.4, -0.2) is 26.9 Å². The number of hydrogen-bond donors (Lipinski definition) is 3. The lowest BCUT2D eigenvalue weighted by atomic mass is 10.1. The van der Waals surface area contributed by atoms with Gasteiger partial charge < -0.3 is 15.3 Å². The smallest absolute Gasteiger partial charge is 0.267 e. The molecule has 0 saturated heterocycles. The number of aromatic nitrogens is 3. The molecule has 20 heavy (non-hydrogen) atoms. The number of amides is 1. The van der Waals surface area contributed by atoms with E-state index < -0.39 is 0 Å². The molecule has 0 spiro atoms. The molecule has 3 rings (SSSR count). The van der Waals surface area contributed by atoms with E-state index in [1.165, 1.54) is 0 Å². The van der Waals surface area contributed by atoms with Crippen molar-refractivity contribution in [3.63, 3.8) is 0 Å². The zero-order valence-corrected chi connectivity index (χ0v) is 11.4. The Morgan fingerprint density at radius 2 is 2.15 bits per heavy atom. The number of aromatic amines is 2. The summed E-state index contributed by atoms with van der Waals surface area (Å²) in [6.45, 7) is 3.88. The predicted molar refractivity (Wildman–Crippen MR) is 78.5 cm³/mol. The highest BCUT2D eigenvalue weighted by molar-refractivity contribution is 5.97. The van der Waals surface area contributed by atoms with Crippen LogP contribution < -0.4 is 5.32 Å². The zero-order chi connectivity index (χ0) is 14.1. The van der Waals surface area contributed by atoms with Crippen molar-refractivity contribution in [1.82, 2.24) is 20.3 Å². The number of pyridine rings is 1. The van der Waals surface area contributed by atoms with Gasteiger partial charge in [-0.25, -0.2) is 4.98 Å². The Hall–Kier alpha value is -2.56. The molecule has 0 atom stereocenters. The Kier molecular flexibility index (Phi) is 3.02. The number of H-pyrrole nitrogens is 2. The summed E-state index contributed by atoms with van der Waals surface area (Å²) in [5.74, 6) is -0.0920. The van der Waals surface area contributed by atoms with E-state index in [2.05, 4.69) is 20.3 Å². The van der Waals surface area contributed by atoms with E-state index in [0.717, 1.165) is 22.2 Å².